The topological polar surface area (TPSA) is 30.5 Å². The Kier molecular flexibility index (Phi) is 6.98. The van der Waals surface area contributed by atoms with E-state index >= 15 is 0 Å². The monoisotopic (exact) mass is 215 g/mol. The van der Waals surface area contributed by atoms with Crippen LogP contribution < -0.4 is 5.32 Å². The molecule has 0 atom stereocenters. The zero-order valence-electron chi connectivity index (χ0n) is 10.1. The second-order valence-electron chi connectivity index (χ2n) is 4.38. The molecule has 0 amide bonds. The highest BCUT2D eigenvalue weighted by Gasteiger charge is 2.12. The van der Waals surface area contributed by atoms with Crippen LogP contribution in [0.3, 0.4) is 0 Å². The molecule has 1 heterocycles. The van der Waals surface area contributed by atoms with E-state index in [4.69, 9.17) is 9.47 Å². The molecule has 15 heavy (non-hydrogen) atoms. The molecule has 1 fully saturated rings. The van der Waals surface area contributed by atoms with E-state index in [-0.39, 0.29) is 6.29 Å². The van der Waals surface area contributed by atoms with Gasteiger partial charge >= 0.3 is 0 Å². The van der Waals surface area contributed by atoms with E-state index in [0.29, 0.717) is 0 Å². The summed E-state index contributed by atoms with van der Waals surface area (Å²) in [5.74, 6) is 0.954. The Hall–Kier alpha value is -0.120. The fourth-order valence-corrected chi connectivity index (χ4v) is 2.25. The molecule has 0 aromatic rings. The number of methoxy groups -OCH3 is 2. The molecule has 0 radical (unpaired) electrons. The van der Waals surface area contributed by atoms with Crippen molar-refractivity contribution in [1.82, 2.24) is 5.32 Å². The van der Waals surface area contributed by atoms with Gasteiger partial charge in [-0.05, 0) is 44.7 Å². The average molecular weight is 215 g/mol. The summed E-state index contributed by atoms with van der Waals surface area (Å²) < 4.78 is 10.3. The lowest BCUT2D eigenvalue weighted by molar-refractivity contribution is -0.107. The molecule has 1 rings (SSSR count). The number of hydrogen-bond acceptors (Lipinski definition) is 3. The van der Waals surface area contributed by atoms with Crippen LogP contribution in [0.1, 0.15) is 38.5 Å². The van der Waals surface area contributed by atoms with Crippen molar-refractivity contribution in [1.29, 1.82) is 0 Å². The first kappa shape index (κ1) is 12.9. The molecule has 0 unspecified atom stereocenters. The summed E-state index contributed by atoms with van der Waals surface area (Å²) in [4.78, 5) is 0. The van der Waals surface area contributed by atoms with E-state index in [0.717, 1.165) is 12.3 Å². The molecular formula is C12H25NO2. The summed E-state index contributed by atoms with van der Waals surface area (Å²) in [5, 5.41) is 3.40. The molecule has 1 aliphatic rings. The molecule has 1 N–H and O–H groups in total. The van der Waals surface area contributed by atoms with E-state index in [9.17, 15) is 0 Å². The van der Waals surface area contributed by atoms with E-state index in [2.05, 4.69) is 5.32 Å². The largest absolute Gasteiger partial charge is 0.356 e. The summed E-state index contributed by atoms with van der Waals surface area (Å²) >= 11 is 0. The van der Waals surface area contributed by atoms with Crippen LogP contribution in [0.25, 0.3) is 0 Å². The van der Waals surface area contributed by atoms with Gasteiger partial charge < -0.3 is 14.8 Å². The van der Waals surface area contributed by atoms with Crippen LogP contribution in [0, 0.1) is 5.92 Å². The predicted molar refractivity (Wildman–Crippen MR) is 61.9 cm³/mol. The van der Waals surface area contributed by atoms with Gasteiger partial charge in [0.25, 0.3) is 0 Å². The van der Waals surface area contributed by atoms with Crippen LogP contribution in [0.5, 0.6) is 0 Å². The molecule has 0 bridgehead atoms. The van der Waals surface area contributed by atoms with Crippen molar-refractivity contribution in [3.05, 3.63) is 0 Å². The Morgan fingerprint density at radius 2 is 1.80 bits per heavy atom. The highest BCUT2D eigenvalue weighted by molar-refractivity contribution is 4.68. The van der Waals surface area contributed by atoms with Gasteiger partial charge in [-0.15, -0.1) is 0 Å². The molecule has 0 spiro atoms. The Bertz CT molecular complexity index is 143. The first-order valence-electron chi connectivity index (χ1n) is 6.13. The van der Waals surface area contributed by atoms with Gasteiger partial charge in [0.1, 0.15) is 0 Å². The van der Waals surface area contributed by atoms with E-state index in [1.165, 1.54) is 45.2 Å². The van der Waals surface area contributed by atoms with Gasteiger partial charge in [-0.3, -0.25) is 0 Å². The minimum Gasteiger partial charge on any atom is -0.356 e. The number of piperidine rings is 1. The maximum atomic E-state index is 5.16. The molecule has 0 saturated carbocycles. The highest BCUT2D eigenvalue weighted by Crippen LogP contribution is 2.19. The van der Waals surface area contributed by atoms with E-state index in [1.54, 1.807) is 14.2 Å². The van der Waals surface area contributed by atoms with Crippen molar-refractivity contribution in [3.8, 4) is 0 Å². The third-order valence-electron chi connectivity index (χ3n) is 3.29. The Morgan fingerprint density at radius 3 is 2.40 bits per heavy atom. The van der Waals surface area contributed by atoms with Crippen molar-refractivity contribution < 1.29 is 9.47 Å². The third kappa shape index (κ3) is 5.50. The average Bonchev–Trinajstić information content (AvgIpc) is 2.31. The minimum atomic E-state index is -0.00183. The summed E-state index contributed by atoms with van der Waals surface area (Å²) in [7, 11) is 3.42. The van der Waals surface area contributed by atoms with Crippen molar-refractivity contribution in [2.75, 3.05) is 27.3 Å². The standard InChI is InChI=1S/C12H25NO2/c1-14-12(15-2)6-4-3-5-11-7-9-13-10-8-11/h11-13H,3-10H2,1-2H3. The van der Waals surface area contributed by atoms with Gasteiger partial charge in [0, 0.05) is 14.2 Å². The van der Waals surface area contributed by atoms with Crippen LogP contribution >= 0.6 is 0 Å². The lowest BCUT2D eigenvalue weighted by atomic mass is 9.92. The molecule has 0 aromatic heterocycles. The predicted octanol–water partition coefficient (Wildman–Crippen LogP) is 2.17. The van der Waals surface area contributed by atoms with Gasteiger partial charge in [-0.25, -0.2) is 0 Å². The molecule has 0 aromatic carbocycles. The lowest BCUT2D eigenvalue weighted by Gasteiger charge is -2.22. The smallest absolute Gasteiger partial charge is 0.156 e. The molecule has 0 aliphatic carbocycles. The second kappa shape index (κ2) is 8.08. The van der Waals surface area contributed by atoms with Crippen LogP contribution in [0.4, 0.5) is 0 Å². The first-order chi connectivity index (χ1) is 7.36. The molecule has 3 nitrogen and oxygen atoms in total. The second-order valence-corrected chi connectivity index (χ2v) is 4.38. The van der Waals surface area contributed by atoms with Crippen LogP contribution in [-0.4, -0.2) is 33.6 Å². The summed E-state index contributed by atoms with van der Waals surface area (Å²) in [6, 6.07) is 0. The molecular weight excluding hydrogens is 190 g/mol. The lowest BCUT2D eigenvalue weighted by Crippen LogP contribution is -2.27. The number of ether oxygens (including phenoxy) is 2. The summed E-state index contributed by atoms with van der Waals surface area (Å²) in [6.45, 7) is 2.42. The minimum absolute atomic E-state index is 0.00183. The van der Waals surface area contributed by atoms with Gasteiger partial charge in [-0.1, -0.05) is 12.8 Å². The van der Waals surface area contributed by atoms with Crippen LogP contribution in [-0.2, 0) is 9.47 Å². The maximum Gasteiger partial charge on any atom is 0.156 e. The molecule has 90 valence electrons. The highest BCUT2D eigenvalue weighted by atomic mass is 16.7. The van der Waals surface area contributed by atoms with Gasteiger partial charge in [0.05, 0.1) is 0 Å². The van der Waals surface area contributed by atoms with Crippen molar-refractivity contribution in [2.45, 2.75) is 44.8 Å². The van der Waals surface area contributed by atoms with Crippen LogP contribution in [0.15, 0.2) is 0 Å². The Labute approximate surface area is 93.5 Å². The van der Waals surface area contributed by atoms with Crippen molar-refractivity contribution in [2.24, 2.45) is 5.92 Å². The zero-order chi connectivity index (χ0) is 10.9. The molecule has 3 heteroatoms. The Morgan fingerprint density at radius 1 is 1.13 bits per heavy atom. The van der Waals surface area contributed by atoms with Crippen molar-refractivity contribution in [3.63, 3.8) is 0 Å². The number of nitrogens with one attached hydrogen (secondary N) is 1. The normalized spacial score (nSPS) is 18.6. The number of unbranched alkanes of at least 4 members (excludes halogenated alkanes) is 1. The zero-order valence-corrected chi connectivity index (χ0v) is 10.1. The van der Waals surface area contributed by atoms with Gasteiger partial charge in [-0.2, -0.15) is 0 Å². The number of hydrogen-bond donors (Lipinski definition) is 1. The quantitative estimate of drug-likeness (QED) is 0.521. The molecule has 1 saturated heterocycles. The van der Waals surface area contributed by atoms with Gasteiger partial charge in [0.2, 0.25) is 0 Å². The van der Waals surface area contributed by atoms with Crippen LogP contribution in [0.2, 0.25) is 0 Å². The first-order valence-corrected chi connectivity index (χ1v) is 6.13. The molecule has 1 aliphatic heterocycles. The van der Waals surface area contributed by atoms with E-state index < -0.39 is 0 Å². The van der Waals surface area contributed by atoms with Gasteiger partial charge in [0.15, 0.2) is 6.29 Å². The van der Waals surface area contributed by atoms with Crippen molar-refractivity contribution >= 4 is 0 Å². The SMILES string of the molecule is COC(CCCCC1CCNCC1)OC. The number of rotatable bonds is 7. The third-order valence-corrected chi connectivity index (χ3v) is 3.29. The summed E-state index contributed by atoms with van der Waals surface area (Å²) in [5.41, 5.74) is 0. The summed E-state index contributed by atoms with van der Waals surface area (Å²) in [6.07, 6.45) is 7.65. The fourth-order valence-electron chi connectivity index (χ4n) is 2.25. The maximum absolute atomic E-state index is 5.16. The fraction of sp³-hybridized carbons (Fsp3) is 1.00. The Balaban J connectivity index is 1.95. The van der Waals surface area contributed by atoms with E-state index in [1.807, 2.05) is 0 Å².